The van der Waals surface area contributed by atoms with Crippen LogP contribution >= 0.6 is 11.8 Å². The van der Waals surface area contributed by atoms with Crippen molar-refractivity contribution in [2.24, 2.45) is 5.92 Å². The second kappa shape index (κ2) is 5.48. The number of rotatable bonds is 4. The third-order valence-corrected chi connectivity index (χ3v) is 2.62. The van der Waals surface area contributed by atoms with Crippen molar-refractivity contribution in [2.75, 3.05) is 11.9 Å². The van der Waals surface area contributed by atoms with E-state index in [0.29, 0.717) is 18.2 Å². The summed E-state index contributed by atoms with van der Waals surface area (Å²) in [4.78, 5) is 0.218. The topological polar surface area (TPSA) is 12.0 Å². The lowest BCUT2D eigenvalue weighted by Gasteiger charge is -2.14. The zero-order valence-corrected chi connectivity index (χ0v) is 9.95. The molecule has 1 rings (SSSR count). The maximum absolute atomic E-state index is 12.3. The zero-order valence-electron chi connectivity index (χ0n) is 9.14. The molecule has 0 bridgehead atoms. The van der Waals surface area contributed by atoms with Crippen LogP contribution < -0.4 is 5.32 Å². The van der Waals surface area contributed by atoms with Crippen LogP contribution in [0, 0.1) is 5.92 Å². The molecule has 1 nitrogen and oxygen atoms in total. The lowest BCUT2D eigenvalue weighted by molar-refractivity contribution is -0.0327. The van der Waals surface area contributed by atoms with Crippen molar-refractivity contribution in [3.63, 3.8) is 0 Å². The Hall–Kier alpha value is -0.840. The van der Waals surface area contributed by atoms with E-state index < -0.39 is 5.51 Å². The van der Waals surface area contributed by atoms with Crippen LogP contribution in [0.4, 0.5) is 18.9 Å². The first kappa shape index (κ1) is 13.2. The standard InChI is InChI=1S/C11H14F3NS/c1-8(2)7-15-9-5-3-4-6-10(9)16-11(12,13)14/h3-6,8,15H,7H2,1-2H3. The van der Waals surface area contributed by atoms with E-state index in [1.807, 2.05) is 13.8 Å². The fourth-order valence-corrected chi connectivity index (χ4v) is 1.79. The monoisotopic (exact) mass is 249 g/mol. The van der Waals surface area contributed by atoms with Gasteiger partial charge in [-0.3, -0.25) is 0 Å². The number of alkyl halides is 3. The van der Waals surface area contributed by atoms with Gasteiger partial charge in [-0.2, -0.15) is 13.2 Å². The molecule has 1 aromatic carbocycles. The summed E-state index contributed by atoms with van der Waals surface area (Å²) < 4.78 is 36.8. The Balaban J connectivity index is 2.75. The largest absolute Gasteiger partial charge is 0.446 e. The summed E-state index contributed by atoms with van der Waals surface area (Å²) in [5.41, 5.74) is -3.70. The molecule has 0 amide bonds. The van der Waals surface area contributed by atoms with E-state index in [1.54, 1.807) is 18.2 Å². The average Bonchev–Trinajstić information content (AvgIpc) is 2.14. The first-order valence-electron chi connectivity index (χ1n) is 4.97. The highest BCUT2D eigenvalue weighted by molar-refractivity contribution is 8.00. The molecule has 0 spiro atoms. The molecular weight excluding hydrogens is 235 g/mol. The number of para-hydroxylation sites is 1. The summed E-state index contributed by atoms with van der Waals surface area (Å²) in [5, 5.41) is 3.01. The van der Waals surface area contributed by atoms with Crippen LogP contribution in [0.2, 0.25) is 0 Å². The minimum atomic E-state index is -4.24. The second-order valence-electron chi connectivity index (χ2n) is 3.82. The van der Waals surface area contributed by atoms with E-state index >= 15 is 0 Å². The first-order chi connectivity index (χ1) is 7.38. The molecule has 5 heteroatoms. The van der Waals surface area contributed by atoms with Gasteiger partial charge in [0.2, 0.25) is 0 Å². The number of benzene rings is 1. The summed E-state index contributed by atoms with van der Waals surface area (Å²) in [6.07, 6.45) is 0. The van der Waals surface area contributed by atoms with Crippen molar-refractivity contribution in [1.29, 1.82) is 0 Å². The minimum Gasteiger partial charge on any atom is -0.384 e. The van der Waals surface area contributed by atoms with Crippen LogP contribution in [0.3, 0.4) is 0 Å². The van der Waals surface area contributed by atoms with Crippen LogP contribution in [0.5, 0.6) is 0 Å². The van der Waals surface area contributed by atoms with Gasteiger partial charge in [0.15, 0.2) is 0 Å². The zero-order chi connectivity index (χ0) is 12.2. The fourth-order valence-electron chi connectivity index (χ4n) is 1.14. The van der Waals surface area contributed by atoms with Gasteiger partial charge in [0.25, 0.3) is 0 Å². The molecular formula is C11H14F3NS. The molecule has 0 heterocycles. The van der Waals surface area contributed by atoms with Gasteiger partial charge in [-0.1, -0.05) is 26.0 Å². The Labute approximate surface area is 97.4 Å². The average molecular weight is 249 g/mol. The van der Waals surface area contributed by atoms with Crippen LogP contribution in [-0.4, -0.2) is 12.1 Å². The number of halogens is 3. The molecule has 0 radical (unpaired) electrons. The van der Waals surface area contributed by atoms with E-state index in [2.05, 4.69) is 5.32 Å². The predicted octanol–water partition coefficient (Wildman–Crippen LogP) is 4.37. The third kappa shape index (κ3) is 4.79. The lowest BCUT2D eigenvalue weighted by Crippen LogP contribution is -2.09. The molecule has 0 aliphatic rings. The SMILES string of the molecule is CC(C)CNc1ccccc1SC(F)(F)F. The van der Waals surface area contributed by atoms with E-state index in [9.17, 15) is 13.2 Å². The molecule has 1 aromatic rings. The van der Waals surface area contributed by atoms with Crippen molar-refractivity contribution in [1.82, 2.24) is 0 Å². The minimum absolute atomic E-state index is 0.0835. The number of thioether (sulfide) groups is 1. The summed E-state index contributed by atoms with van der Waals surface area (Å²) in [6, 6.07) is 6.47. The highest BCUT2D eigenvalue weighted by Gasteiger charge is 2.30. The predicted molar refractivity (Wildman–Crippen MR) is 61.7 cm³/mol. The molecule has 0 saturated heterocycles. The summed E-state index contributed by atoms with van der Waals surface area (Å²) in [7, 11) is 0. The Bertz CT molecular complexity index is 336. The summed E-state index contributed by atoms with van der Waals surface area (Å²) in [6.45, 7) is 4.68. The van der Waals surface area contributed by atoms with E-state index in [-0.39, 0.29) is 16.7 Å². The van der Waals surface area contributed by atoms with E-state index in [4.69, 9.17) is 0 Å². The lowest BCUT2D eigenvalue weighted by atomic mass is 10.2. The fraction of sp³-hybridized carbons (Fsp3) is 0.455. The summed E-state index contributed by atoms with van der Waals surface area (Å²) in [5.74, 6) is 0.393. The first-order valence-corrected chi connectivity index (χ1v) is 5.79. The second-order valence-corrected chi connectivity index (χ2v) is 4.93. The smallest absolute Gasteiger partial charge is 0.384 e. The molecule has 90 valence electrons. The van der Waals surface area contributed by atoms with Gasteiger partial charge < -0.3 is 5.32 Å². The Morgan fingerprint density at radius 2 is 1.88 bits per heavy atom. The van der Waals surface area contributed by atoms with E-state index in [1.165, 1.54) is 6.07 Å². The molecule has 0 aliphatic carbocycles. The van der Waals surface area contributed by atoms with Gasteiger partial charge in [-0.05, 0) is 29.8 Å². The summed E-state index contributed by atoms with van der Waals surface area (Å²) >= 11 is -0.0835. The van der Waals surface area contributed by atoms with Gasteiger partial charge in [-0.15, -0.1) is 0 Å². The normalized spacial score (nSPS) is 11.9. The molecule has 0 aliphatic heterocycles. The number of anilines is 1. The molecule has 0 aromatic heterocycles. The van der Waals surface area contributed by atoms with E-state index in [0.717, 1.165) is 0 Å². The number of hydrogen-bond donors (Lipinski definition) is 1. The Morgan fingerprint density at radius 3 is 2.44 bits per heavy atom. The maximum Gasteiger partial charge on any atom is 0.446 e. The van der Waals surface area contributed by atoms with Crippen molar-refractivity contribution >= 4 is 17.4 Å². The van der Waals surface area contributed by atoms with Crippen LogP contribution in [0.15, 0.2) is 29.2 Å². The third-order valence-electron chi connectivity index (χ3n) is 1.81. The van der Waals surface area contributed by atoms with Crippen LogP contribution in [0.25, 0.3) is 0 Å². The van der Waals surface area contributed by atoms with Gasteiger partial charge in [0.05, 0.1) is 0 Å². The van der Waals surface area contributed by atoms with Gasteiger partial charge in [-0.25, -0.2) is 0 Å². The highest BCUT2D eigenvalue weighted by atomic mass is 32.2. The van der Waals surface area contributed by atoms with Gasteiger partial charge in [0, 0.05) is 17.1 Å². The molecule has 16 heavy (non-hydrogen) atoms. The quantitative estimate of drug-likeness (QED) is 0.795. The van der Waals surface area contributed by atoms with Crippen molar-refractivity contribution in [3.8, 4) is 0 Å². The van der Waals surface area contributed by atoms with Crippen molar-refractivity contribution < 1.29 is 13.2 Å². The molecule has 0 fully saturated rings. The number of nitrogens with one attached hydrogen (secondary N) is 1. The van der Waals surface area contributed by atoms with Gasteiger partial charge in [0.1, 0.15) is 0 Å². The van der Waals surface area contributed by atoms with Gasteiger partial charge >= 0.3 is 5.51 Å². The molecule has 0 saturated carbocycles. The Morgan fingerprint density at radius 1 is 1.25 bits per heavy atom. The molecule has 0 atom stereocenters. The van der Waals surface area contributed by atoms with Crippen molar-refractivity contribution in [3.05, 3.63) is 24.3 Å². The highest BCUT2D eigenvalue weighted by Crippen LogP contribution is 2.40. The van der Waals surface area contributed by atoms with Crippen LogP contribution in [0.1, 0.15) is 13.8 Å². The van der Waals surface area contributed by atoms with Crippen LogP contribution in [-0.2, 0) is 0 Å². The Kier molecular flexibility index (Phi) is 4.53. The van der Waals surface area contributed by atoms with Crippen molar-refractivity contribution in [2.45, 2.75) is 24.3 Å². The molecule has 1 N–H and O–H groups in total. The maximum atomic E-state index is 12.3. The number of hydrogen-bond acceptors (Lipinski definition) is 2. The molecule has 0 unspecified atom stereocenters.